The number of hydrogen-bond acceptors (Lipinski definition) is 3. The highest BCUT2D eigenvalue weighted by Gasteiger charge is 2.27. The molecule has 1 unspecified atom stereocenters. The third-order valence-corrected chi connectivity index (χ3v) is 5.16. The molecule has 1 aromatic rings. The van der Waals surface area contributed by atoms with Gasteiger partial charge in [-0.3, -0.25) is 4.72 Å². The van der Waals surface area contributed by atoms with E-state index >= 15 is 0 Å². The quantitative estimate of drug-likeness (QED) is 0.896. The minimum absolute atomic E-state index is 0.371. The molecule has 0 spiro atoms. The Bertz CT molecular complexity index is 525. The van der Waals surface area contributed by atoms with Crippen molar-refractivity contribution < 1.29 is 8.42 Å². The van der Waals surface area contributed by atoms with Crippen molar-refractivity contribution in [3.63, 3.8) is 0 Å². The summed E-state index contributed by atoms with van der Waals surface area (Å²) in [6.45, 7) is 3.25. The maximum atomic E-state index is 12.2. The molecule has 0 saturated carbocycles. The Labute approximate surface area is 113 Å². The van der Waals surface area contributed by atoms with Crippen LogP contribution in [0.3, 0.4) is 0 Å². The van der Waals surface area contributed by atoms with E-state index in [1.807, 2.05) is 6.92 Å². The van der Waals surface area contributed by atoms with Gasteiger partial charge in [0.25, 0.3) is 0 Å². The first-order chi connectivity index (χ1) is 8.49. The monoisotopic (exact) mass is 288 g/mol. The fraction of sp³-hybridized carbons (Fsp3) is 0.500. The highest BCUT2D eigenvalue weighted by Crippen LogP contribution is 2.23. The molecule has 18 heavy (non-hydrogen) atoms. The van der Waals surface area contributed by atoms with Crippen LogP contribution in [0.15, 0.2) is 18.2 Å². The van der Waals surface area contributed by atoms with Gasteiger partial charge >= 0.3 is 0 Å². The molecule has 0 aromatic heterocycles. The van der Waals surface area contributed by atoms with Crippen LogP contribution in [-0.2, 0) is 10.0 Å². The minimum atomic E-state index is -3.35. The van der Waals surface area contributed by atoms with Crippen LogP contribution < -0.4 is 10.0 Å². The fourth-order valence-corrected chi connectivity index (χ4v) is 3.70. The van der Waals surface area contributed by atoms with E-state index in [-0.39, 0.29) is 5.25 Å². The average Bonchev–Trinajstić information content (AvgIpc) is 2.35. The van der Waals surface area contributed by atoms with E-state index in [1.54, 1.807) is 18.2 Å². The lowest BCUT2D eigenvalue weighted by Gasteiger charge is -2.23. The molecule has 6 heteroatoms. The number of sulfonamides is 1. The molecule has 0 amide bonds. The van der Waals surface area contributed by atoms with Gasteiger partial charge in [0.2, 0.25) is 10.0 Å². The SMILES string of the molecule is Cc1ccc(Cl)cc1NS(=O)(=O)C1CCCNC1. The van der Waals surface area contributed by atoms with E-state index in [0.717, 1.165) is 18.5 Å². The number of anilines is 1. The second-order valence-corrected chi connectivity index (χ2v) is 6.97. The maximum Gasteiger partial charge on any atom is 0.236 e. The summed E-state index contributed by atoms with van der Waals surface area (Å²) in [5.74, 6) is 0. The predicted molar refractivity (Wildman–Crippen MR) is 74.6 cm³/mol. The summed E-state index contributed by atoms with van der Waals surface area (Å²) >= 11 is 5.88. The van der Waals surface area contributed by atoms with Gasteiger partial charge in [-0.05, 0) is 44.0 Å². The zero-order valence-electron chi connectivity index (χ0n) is 10.2. The average molecular weight is 289 g/mol. The van der Waals surface area contributed by atoms with Crippen molar-refractivity contribution >= 4 is 27.3 Å². The summed E-state index contributed by atoms with van der Waals surface area (Å²) in [5.41, 5.74) is 1.43. The van der Waals surface area contributed by atoms with Gasteiger partial charge in [0.1, 0.15) is 0 Å². The van der Waals surface area contributed by atoms with Crippen LogP contribution in [0.25, 0.3) is 0 Å². The molecule has 1 fully saturated rings. The Kier molecular flexibility index (Phi) is 4.14. The van der Waals surface area contributed by atoms with Crippen LogP contribution in [-0.4, -0.2) is 26.8 Å². The van der Waals surface area contributed by atoms with E-state index in [4.69, 9.17) is 11.6 Å². The number of nitrogens with one attached hydrogen (secondary N) is 2. The molecule has 1 atom stereocenters. The Morgan fingerprint density at radius 1 is 1.44 bits per heavy atom. The van der Waals surface area contributed by atoms with Gasteiger partial charge in [-0.2, -0.15) is 0 Å². The van der Waals surface area contributed by atoms with Crippen LogP contribution >= 0.6 is 11.6 Å². The van der Waals surface area contributed by atoms with E-state index in [9.17, 15) is 8.42 Å². The highest BCUT2D eigenvalue weighted by atomic mass is 35.5. The molecule has 1 aromatic carbocycles. The Balaban J connectivity index is 2.18. The molecule has 1 aliphatic rings. The second-order valence-electron chi connectivity index (χ2n) is 4.57. The van der Waals surface area contributed by atoms with Gasteiger partial charge in [0, 0.05) is 11.6 Å². The van der Waals surface area contributed by atoms with Gasteiger partial charge in [0.15, 0.2) is 0 Å². The topological polar surface area (TPSA) is 58.2 Å². The zero-order chi connectivity index (χ0) is 13.2. The van der Waals surface area contributed by atoms with Crippen LogP contribution in [0.4, 0.5) is 5.69 Å². The largest absolute Gasteiger partial charge is 0.315 e. The standard InChI is InChI=1S/C12H17ClN2O2S/c1-9-4-5-10(13)7-12(9)15-18(16,17)11-3-2-6-14-8-11/h4-5,7,11,14-15H,2-3,6,8H2,1H3. The molecule has 0 aliphatic carbocycles. The third-order valence-electron chi connectivity index (χ3n) is 3.14. The van der Waals surface area contributed by atoms with Crippen molar-refractivity contribution in [3.05, 3.63) is 28.8 Å². The molecule has 2 N–H and O–H groups in total. The number of halogens is 1. The maximum absolute atomic E-state index is 12.2. The van der Waals surface area contributed by atoms with Gasteiger partial charge in [-0.1, -0.05) is 17.7 Å². The molecule has 4 nitrogen and oxygen atoms in total. The Hall–Kier alpha value is -0.780. The molecule has 0 radical (unpaired) electrons. The van der Waals surface area contributed by atoms with Crippen LogP contribution in [0.2, 0.25) is 5.02 Å². The second kappa shape index (κ2) is 5.47. The van der Waals surface area contributed by atoms with Crippen molar-refractivity contribution in [1.29, 1.82) is 0 Å². The lowest BCUT2D eigenvalue weighted by Crippen LogP contribution is -2.41. The molecule has 1 aliphatic heterocycles. The van der Waals surface area contributed by atoms with Crippen LogP contribution in [0.5, 0.6) is 0 Å². The van der Waals surface area contributed by atoms with E-state index in [2.05, 4.69) is 10.0 Å². The van der Waals surface area contributed by atoms with Crippen LogP contribution in [0.1, 0.15) is 18.4 Å². The van der Waals surface area contributed by atoms with Crippen molar-refractivity contribution in [2.24, 2.45) is 0 Å². The summed E-state index contributed by atoms with van der Waals surface area (Å²) in [4.78, 5) is 0. The van der Waals surface area contributed by atoms with Crippen molar-refractivity contribution in [3.8, 4) is 0 Å². The van der Waals surface area contributed by atoms with Crippen molar-refractivity contribution in [2.45, 2.75) is 25.0 Å². The number of piperidine rings is 1. The van der Waals surface area contributed by atoms with E-state index in [1.165, 1.54) is 0 Å². The van der Waals surface area contributed by atoms with Gasteiger partial charge in [-0.15, -0.1) is 0 Å². The molecular formula is C12H17ClN2O2S. The smallest absolute Gasteiger partial charge is 0.236 e. The minimum Gasteiger partial charge on any atom is -0.315 e. The van der Waals surface area contributed by atoms with Gasteiger partial charge < -0.3 is 5.32 Å². The summed E-state index contributed by atoms with van der Waals surface area (Å²) in [7, 11) is -3.35. The van der Waals surface area contributed by atoms with Gasteiger partial charge in [0.05, 0.1) is 10.9 Å². The lowest BCUT2D eigenvalue weighted by molar-refractivity contribution is 0.499. The summed E-state index contributed by atoms with van der Waals surface area (Å²) in [6.07, 6.45) is 1.59. The van der Waals surface area contributed by atoms with E-state index in [0.29, 0.717) is 23.7 Å². The molecule has 0 bridgehead atoms. The molecule has 1 saturated heterocycles. The number of hydrogen-bond donors (Lipinski definition) is 2. The highest BCUT2D eigenvalue weighted by molar-refractivity contribution is 7.93. The normalized spacial score (nSPS) is 20.7. The van der Waals surface area contributed by atoms with Crippen LogP contribution in [0, 0.1) is 6.92 Å². The summed E-state index contributed by atoms with van der Waals surface area (Å²) in [6, 6.07) is 5.20. The number of rotatable bonds is 3. The Morgan fingerprint density at radius 3 is 2.89 bits per heavy atom. The molecule has 2 rings (SSSR count). The zero-order valence-corrected chi connectivity index (χ0v) is 11.8. The first-order valence-corrected chi connectivity index (χ1v) is 7.90. The lowest BCUT2D eigenvalue weighted by atomic mass is 10.2. The fourth-order valence-electron chi connectivity index (χ4n) is 2.03. The Morgan fingerprint density at radius 2 is 2.22 bits per heavy atom. The number of aryl methyl sites for hydroxylation is 1. The molecular weight excluding hydrogens is 272 g/mol. The first kappa shape index (κ1) is 13.6. The van der Waals surface area contributed by atoms with E-state index < -0.39 is 10.0 Å². The van der Waals surface area contributed by atoms with Gasteiger partial charge in [-0.25, -0.2) is 8.42 Å². The van der Waals surface area contributed by atoms with Crippen molar-refractivity contribution in [2.75, 3.05) is 17.8 Å². The third kappa shape index (κ3) is 3.16. The molecule has 1 heterocycles. The number of benzene rings is 1. The summed E-state index contributed by atoms with van der Waals surface area (Å²) < 4.78 is 27.1. The van der Waals surface area contributed by atoms with Crippen molar-refractivity contribution in [1.82, 2.24) is 5.32 Å². The first-order valence-electron chi connectivity index (χ1n) is 5.97. The summed E-state index contributed by atoms with van der Waals surface area (Å²) in [5, 5.41) is 3.26. The predicted octanol–water partition coefficient (Wildman–Crippen LogP) is 2.14. The molecule has 100 valence electrons.